The van der Waals surface area contributed by atoms with Crippen LogP contribution in [0.4, 0.5) is 0 Å². The molecular formula is C22H22ClNO2S. The topological polar surface area (TPSA) is 42.2 Å². The number of carboxylic acids is 1. The van der Waals surface area contributed by atoms with Crippen molar-refractivity contribution in [1.82, 2.24) is 4.57 Å². The third kappa shape index (κ3) is 3.48. The van der Waals surface area contributed by atoms with Crippen molar-refractivity contribution in [3.05, 3.63) is 64.3 Å². The Balaban J connectivity index is 1.93. The van der Waals surface area contributed by atoms with Crippen molar-refractivity contribution < 1.29 is 9.90 Å². The summed E-state index contributed by atoms with van der Waals surface area (Å²) in [6.45, 7) is 0.959. The van der Waals surface area contributed by atoms with Crippen molar-refractivity contribution in [3.8, 4) is 0 Å². The molecule has 1 aliphatic rings. The van der Waals surface area contributed by atoms with Gasteiger partial charge in [0, 0.05) is 39.0 Å². The Kier molecular flexibility index (Phi) is 5.20. The molecule has 0 amide bonds. The van der Waals surface area contributed by atoms with Crippen LogP contribution in [-0.2, 0) is 17.8 Å². The highest BCUT2D eigenvalue weighted by Gasteiger charge is 2.29. The van der Waals surface area contributed by atoms with Gasteiger partial charge in [-0.2, -0.15) is 0 Å². The first-order valence-electron chi connectivity index (χ1n) is 9.22. The number of aromatic nitrogens is 1. The van der Waals surface area contributed by atoms with E-state index in [9.17, 15) is 9.90 Å². The first kappa shape index (κ1) is 18.5. The van der Waals surface area contributed by atoms with E-state index in [0.29, 0.717) is 0 Å². The second kappa shape index (κ2) is 7.61. The Bertz CT molecular complexity index is 994. The van der Waals surface area contributed by atoms with Crippen molar-refractivity contribution in [1.29, 1.82) is 0 Å². The molecule has 0 radical (unpaired) electrons. The Morgan fingerprint density at radius 2 is 2.04 bits per heavy atom. The fraction of sp³-hybridized carbons (Fsp3) is 0.318. The molecule has 27 heavy (non-hydrogen) atoms. The predicted molar refractivity (Wildman–Crippen MR) is 112 cm³/mol. The molecule has 3 aromatic rings. The molecule has 0 aliphatic carbocycles. The normalized spacial score (nSPS) is 16.4. The molecule has 1 unspecified atom stereocenters. The van der Waals surface area contributed by atoms with Crippen LogP contribution in [0.2, 0.25) is 5.02 Å². The molecule has 1 aromatic heterocycles. The summed E-state index contributed by atoms with van der Waals surface area (Å²) in [5, 5.41) is 11.5. The molecule has 4 rings (SSSR count). The van der Waals surface area contributed by atoms with Crippen LogP contribution in [0.25, 0.3) is 10.9 Å². The van der Waals surface area contributed by atoms with Crippen molar-refractivity contribution >= 4 is 40.2 Å². The monoisotopic (exact) mass is 399 g/mol. The van der Waals surface area contributed by atoms with Gasteiger partial charge in [-0.1, -0.05) is 29.8 Å². The van der Waals surface area contributed by atoms with Crippen molar-refractivity contribution in [2.24, 2.45) is 0 Å². The smallest absolute Gasteiger partial charge is 0.304 e. The number of hydrogen-bond acceptors (Lipinski definition) is 2. The molecule has 2 heterocycles. The van der Waals surface area contributed by atoms with Gasteiger partial charge in [0.1, 0.15) is 0 Å². The molecule has 2 aromatic carbocycles. The van der Waals surface area contributed by atoms with Gasteiger partial charge in [-0.05, 0) is 60.9 Å². The lowest BCUT2D eigenvalue weighted by atomic mass is 9.88. The molecule has 0 bridgehead atoms. The largest absolute Gasteiger partial charge is 0.481 e. The van der Waals surface area contributed by atoms with Crippen molar-refractivity contribution in [3.63, 3.8) is 0 Å². The van der Waals surface area contributed by atoms with Gasteiger partial charge in [0.05, 0.1) is 6.42 Å². The number of nitrogens with zero attached hydrogens (tertiary/aromatic N) is 1. The van der Waals surface area contributed by atoms with Crippen LogP contribution in [0.15, 0.2) is 47.4 Å². The van der Waals surface area contributed by atoms with E-state index in [4.69, 9.17) is 11.6 Å². The molecule has 3 nitrogen and oxygen atoms in total. The fourth-order valence-corrected chi connectivity index (χ4v) is 5.15. The van der Waals surface area contributed by atoms with Gasteiger partial charge >= 0.3 is 5.97 Å². The second-order valence-electron chi connectivity index (χ2n) is 7.11. The second-order valence-corrected chi connectivity index (χ2v) is 8.39. The first-order chi connectivity index (χ1) is 13.1. The molecule has 140 valence electrons. The molecule has 0 saturated heterocycles. The summed E-state index contributed by atoms with van der Waals surface area (Å²) in [5.41, 5.74) is 4.93. The van der Waals surface area contributed by atoms with Gasteiger partial charge in [-0.25, -0.2) is 0 Å². The summed E-state index contributed by atoms with van der Waals surface area (Å²) < 4.78 is 2.37. The van der Waals surface area contributed by atoms with Gasteiger partial charge in [0.25, 0.3) is 0 Å². The number of halogens is 1. The van der Waals surface area contributed by atoms with E-state index < -0.39 is 5.97 Å². The highest BCUT2D eigenvalue weighted by molar-refractivity contribution is 7.98. The van der Waals surface area contributed by atoms with Crippen LogP contribution < -0.4 is 0 Å². The van der Waals surface area contributed by atoms with E-state index in [2.05, 4.69) is 41.2 Å². The Morgan fingerprint density at radius 3 is 2.74 bits per heavy atom. The number of rotatable bonds is 5. The van der Waals surface area contributed by atoms with E-state index >= 15 is 0 Å². The molecule has 1 N–H and O–H groups in total. The maximum absolute atomic E-state index is 11.5. The Hall–Kier alpha value is -1.91. The summed E-state index contributed by atoms with van der Waals surface area (Å²) in [6.07, 6.45) is 5.05. The van der Waals surface area contributed by atoms with Crippen LogP contribution >= 0.6 is 23.4 Å². The summed E-state index contributed by atoms with van der Waals surface area (Å²) in [6, 6.07) is 14.4. The zero-order valence-corrected chi connectivity index (χ0v) is 16.8. The lowest BCUT2D eigenvalue weighted by Crippen LogP contribution is -2.19. The average Bonchev–Trinajstić information content (AvgIpc) is 2.98. The first-order valence-corrected chi connectivity index (χ1v) is 10.8. The van der Waals surface area contributed by atoms with Gasteiger partial charge in [0.2, 0.25) is 0 Å². The maximum Gasteiger partial charge on any atom is 0.304 e. The predicted octanol–water partition coefficient (Wildman–Crippen LogP) is 5.96. The molecule has 0 saturated carbocycles. The lowest BCUT2D eigenvalue weighted by Gasteiger charge is -2.25. The molecule has 5 heteroatoms. The van der Waals surface area contributed by atoms with Gasteiger partial charge in [-0.3, -0.25) is 4.79 Å². The number of aliphatic carboxylic acids is 1. The minimum atomic E-state index is -0.721. The molecule has 0 fully saturated rings. The highest BCUT2D eigenvalue weighted by atomic mass is 35.5. The van der Waals surface area contributed by atoms with Crippen LogP contribution in [0.1, 0.15) is 42.0 Å². The van der Waals surface area contributed by atoms with Crippen LogP contribution in [-0.4, -0.2) is 21.9 Å². The Labute approximate surface area is 168 Å². The number of aryl methyl sites for hydroxylation is 1. The van der Waals surface area contributed by atoms with Crippen molar-refractivity contribution in [2.75, 3.05) is 6.26 Å². The molecular weight excluding hydrogens is 378 g/mol. The van der Waals surface area contributed by atoms with Gasteiger partial charge in [-0.15, -0.1) is 11.8 Å². The third-order valence-electron chi connectivity index (χ3n) is 5.45. The van der Waals surface area contributed by atoms with Gasteiger partial charge in [0.15, 0.2) is 0 Å². The number of hydrogen-bond donors (Lipinski definition) is 1. The van der Waals surface area contributed by atoms with E-state index in [-0.39, 0.29) is 12.3 Å². The fourth-order valence-electron chi connectivity index (χ4n) is 4.37. The number of carbonyl (C=O) groups is 1. The van der Waals surface area contributed by atoms with E-state index in [0.717, 1.165) is 30.8 Å². The number of fused-ring (bicyclic) bond motifs is 3. The van der Waals surface area contributed by atoms with Crippen LogP contribution in [0.5, 0.6) is 0 Å². The van der Waals surface area contributed by atoms with E-state index in [1.54, 1.807) is 11.8 Å². The minimum absolute atomic E-state index is 0.0701. The van der Waals surface area contributed by atoms with Crippen LogP contribution in [0.3, 0.4) is 0 Å². The quantitative estimate of drug-likeness (QED) is 0.538. The number of carboxylic acid groups (broad SMARTS) is 1. The average molecular weight is 400 g/mol. The van der Waals surface area contributed by atoms with Gasteiger partial charge < -0.3 is 9.67 Å². The summed E-state index contributed by atoms with van der Waals surface area (Å²) >= 11 is 7.81. The molecule has 1 atom stereocenters. The molecule has 0 spiro atoms. The summed E-state index contributed by atoms with van der Waals surface area (Å²) in [7, 11) is 0. The number of benzene rings is 2. The standard InChI is InChI=1S/C22H22ClNO2S/c1-27-19-6-2-5-18-21(19)17(12-14-7-9-16(23)10-8-14)22-15(13-20(25)26)4-3-11-24(18)22/h2,5-10,15H,3-4,11-13H2,1H3,(H,25,26). The van der Waals surface area contributed by atoms with Crippen molar-refractivity contribution in [2.45, 2.75) is 43.0 Å². The maximum atomic E-state index is 11.5. The minimum Gasteiger partial charge on any atom is -0.481 e. The van der Waals surface area contributed by atoms with E-state index in [1.165, 1.54) is 32.6 Å². The number of thioether (sulfide) groups is 1. The zero-order valence-electron chi connectivity index (χ0n) is 15.2. The third-order valence-corrected chi connectivity index (χ3v) is 6.48. The summed E-state index contributed by atoms with van der Waals surface area (Å²) in [4.78, 5) is 12.8. The highest BCUT2D eigenvalue weighted by Crippen LogP contribution is 2.42. The molecule has 1 aliphatic heterocycles. The SMILES string of the molecule is CSc1cccc2c1c(Cc1ccc(Cl)cc1)c1n2CCCC1CC(=O)O. The lowest BCUT2D eigenvalue weighted by molar-refractivity contribution is -0.137. The Morgan fingerprint density at radius 1 is 1.26 bits per heavy atom. The summed E-state index contributed by atoms with van der Waals surface area (Å²) in [5.74, 6) is -0.651. The van der Waals surface area contributed by atoms with E-state index in [1.807, 2.05) is 12.1 Å². The van der Waals surface area contributed by atoms with Crippen LogP contribution in [0, 0.1) is 0 Å². The zero-order chi connectivity index (χ0) is 19.0.